The van der Waals surface area contributed by atoms with Gasteiger partial charge in [0.25, 0.3) is 0 Å². The second-order valence-corrected chi connectivity index (χ2v) is 5.24. The third-order valence-corrected chi connectivity index (χ3v) is 4.32. The summed E-state index contributed by atoms with van der Waals surface area (Å²) in [6.45, 7) is 1.31. The molecule has 1 aliphatic rings. The van der Waals surface area contributed by atoms with Gasteiger partial charge in [0.05, 0.1) is 13.2 Å². The summed E-state index contributed by atoms with van der Waals surface area (Å²) in [5.74, 6) is 0. The number of aliphatic hydroxyl groups excluding tert-OH is 1. The summed E-state index contributed by atoms with van der Waals surface area (Å²) >= 11 is 0. The highest BCUT2D eigenvalue weighted by Gasteiger charge is 2.45. The van der Waals surface area contributed by atoms with Gasteiger partial charge in [-0.05, 0) is 24.3 Å². The zero-order valence-corrected chi connectivity index (χ0v) is 11.1. The normalized spacial score (nSPS) is 21.4. The number of para-hydroxylation sites is 2. The first kappa shape index (κ1) is 12.4. The molecule has 0 spiro atoms. The van der Waals surface area contributed by atoms with Crippen molar-refractivity contribution in [1.29, 1.82) is 0 Å². The third-order valence-electron chi connectivity index (χ3n) is 4.32. The van der Waals surface area contributed by atoms with Crippen molar-refractivity contribution in [3.63, 3.8) is 0 Å². The summed E-state index contributed by atoms with van der Waals surface area (Å²) in [6, 6.07) is 21.4. The number of nitrogens with zero attached hydrogens (tertiary/aromatic N) is 1. The van der Waals surface area contributed by atoms with Gasteiger partial charge in [0, 0.05) is 12.8 Å². The average molecular weight is 254 g/mol. The van der Waals surface area contributed by atoms with Crippen LogP contribution in [0.1, 0.15) is 12.8 Å². The Morgan fingerprint density at radius 3 is 1.89 bits per heavy atom. The van der Waals surface area contributed by atoms with Crippen molar-refractivity contribution in [2.75, 3.05) is 13.2 Å². The highest BCUT2D eigenvalue weighted by molar-refractivity contribution is 5.60. The van der Waals surface area contributed by atoms with Gasteiger partial charge < -0.3 is 5.11 Å². The van der Waals surface area contributed by atoms with Crippen LogP contribution in [-0.4, -0.2) is 24.3 Å². The fraction of sp³-hybridized carbons (Fsp3) is 0.294. The van der Waals surface area contributed by atoms with Crippen molar-refractivity contribution >= 4 is 11.4 Å². The van der Waals surface area contributed by atoms with E-state index < -0.39 is 0 Å². The largest absolute Gasteiger partial charge is 0.390 e. The van der Waals surface area contributed by atoms with Crippen LogP contribution in [0.15, 0.2) is 60.7 Å². The fourth-order valence-electron chi connectivity index (χ4n) is 3.43. The highest BCUT2D eigenvalue weighted by Crippen LogP contribution is 2.42. The minimum Gasteiger partial charge on any atom is -0.390 e. The van der Waals surface area contributed by atoms with E-state index in [0.29, 0.717) is 0 Å². The standard InChI is InChI=1S/C17H20NO/c19-14-17-12-7-13-18(17,15-8-3-1-4-9-15)16-10-5-2-6-11-16/h1-6,8-11,17,19H,7,12-14H2/q+1/t17-/m0/s1. The minimum absolute atomic E-state index is 0.240. The van der Waals surface area contributed by atoms with Gasteiger partial charge in [-0.3, -0.25) is 4.48 Å². The molecule has 0 amide bonds. The maximum absolute atomic E-state index is 9.81. The Hall–Kier alpha value is -1.64. The molecule has 0 unspecified atom stereocenters. The molecule has 0 aromatic heterocycles. The molecule has 2 aromatic rings. The molecule has 19 heavy (non-hydrogen) atoms. The molecule has 1 N–H and O–H groups in total. The lowest BCUT2D eigenvalue weighted by atomic mass is 10.1. The maximum atomic E-state index is 9.81. The molecule has 2 aromatic carbocycles. The Morgan fingerprint density at radius 1 is 0.895 bits per heavy atom. The van der Waals surface area contributed by atoms with Crippen LogP contribution in [0.5, 0.6) is 0 Å². The number of hydrogen-bond acceptors (Lipinski definition) is 1. The molecule has 0 radical (unpaired) electrons. The Kier molecular flexibility index (Phi) is 3.36. The first-order valence-corrected chi connectivity index (χ1v) is 6.98. The van der Waals surface area contributed by atoms with E-state index in [1.807, 2.05) is 0 Å². The second-order valence-electron chi connectivity index (χ2n) is 5.24. The molecule has 1 fully saturated rings. The van der Waals surface area contributed by atoms with Crippen molar-refractivity contribution in [3.8, 4) is 0 Å². The Balaban J connectivity index is 2.17. The number of aliphatic hydroxyl groups is 1. The molecule has 1 saturated heterocycles. The Bertz CT molecular complexity index is 484. The second kappa shape index (κ2) is 5.16. The van der Waals surface area contributed by atoms with Gasteiger partial charge in [-0.25, -0.2) is 0 Å². The molecule has 0 saturated carbocycles. The Morgan fingerprint density at radius 2 is 1.42 bits per heavy atom. The van der Waals surface area contributed by atoms with Crippen molar-refractivity contribution in [2.45, 2.75) is 18.9 Å². The quantitative estimate of drug-likeness (QED) is 0.831. The predicted molar refractivity (Wildman–Crippen MR) is 79.3 cm³/mol. The van der Waals surface area contributed by atoms with Crippen LogP contribution in [0.2, 0.25) is 0 Å². The minimum atomic E-state index is 0.240. The van der Waals surface area contributed by atoms with Gasteiger partial charge in [0.15, 0.2) is 0 Å². The lowest BCUT2D eigenvalue weighted by Gasteiger charge is -2.38. The van der Waals surface area contributed by atoms with E-state index in [9.17, 15) is 5.11 Å². The van der Waals surface area contributed by atoms with Crippen molar-refractivity contribution in [3.05, 3.63) is 60.7 Å². The fourth-order valence-corrected chi connectivity index (χ4v) is 3.43. The van der Waals surface area contributed by atoms with E-state index >= 15 is 0 Å². The van der Waals surface area contributed by atoms with Crippen LogP contribution in [0.25, 0.3) is 0 Å². The molecular weight excluding hydrogens is 234 g/mol. The molecular formula is C17H20NO+. The number of hydrogen-bond donors (Lipinski definition) is 1. The predicted octanol–water partition coefficient (Wildman–Crippen LogP) is 3.48. The lowest BCUT2D eigenvalue weighted by Crippen LogP contribution is -2.50. The third kappa shape index (κ3) is 1.97. The summed E-state index contributed by atoms with van der Waals surface area (Å²) < 4.78 is 0.790. The molecule has 98 valence electrons. The molecule has 1 atom stereocenters. The molecule has 0 aliphatic carbocycles. The van der Waals surface area contributed by atoms with Crippen molar-refractivity contribution < 1.29 is 5.11 Å². The Labute approximate surface area is 114 Å². The van der Waals surface area contributed by atoms with Crippen LogP contribution in [0.3, 0.4) is 0 Å². The zero-order chi connectivity index (χ0) is 13.1. The molecule has 1 aliphatic heterocycles. The van der Waals surface area contributed by atoms with E-state index in [0.717, 1.165) is 23.9 Å². The summed E-state index contributed by atoms with van der Waals surface area (Å²) in [5, 5.41) is 9.81. The molecule has 1 heterocycles. The van der Waals surface area contributed by atoms with Crippen LogP contribution in [-0.2, 0) is 0 Å². The van der Waals surface area contributed by atoms with Crippen molar-refractivity contribution in [1.82, 2.24) is 4.48 Å². The van der Waals surface area contributed by atoms with Crippen LogP contribution in [0, 0.1) is 0 Å². The van der Waals surface area contributed by atoms with Crippen molar-refractivity contribution in [2.24, 2.45) is 0 Å². The molecule has 2 nitrogen and oxygen atoms in total. The molecule has 0 bridgehead atoms. The number of benzene rings is 2. The smallest absolute Gasteiger partial charge is 0.138 e. The van der Waals surface area contributed by atoms with Gasteiger partial charge in [0.1, 0.15) is 17.4 Å². The van der Waals surface area contributed by atoms with E-state index in [1.54, 1.807) is 0 Å². The number of quaternary nitrogens is 1. The maximum Gasteiger partial charge on any atom is 0.138 e. The summed E-state index contributed by atoms with van der Waals surface area (Å²) in [7, 11) is 0. The van der Waals surface area contributed by atoms with E-state index in [1.165, 1.54) is 11.4 Å². The van der Waals surface area contributed by atoms with Crippen LogP contribution < -0.4 is 4.48 Å². The summed E-state index contributed by atoms with van der Waals surface area (Å²) in [6.07, 6.45) is 2.25. The van der Waals surface area contributed by atoms with Crippen LogP contribution in [0.4, 0.5) is 11.4 Å². The van der Waals surface area contributed by atoms with Gasteiger partial charge in [0.2, 0.25) is 0 Å². The number of rotatable bonds is 3. The first-order valence-electron chi connectivity index (χ1n) is 6.98. The average Bonchev–Trinajstić information content (AvgIpc) is 2.94. The van der Waals surface area contributed by atoms with E-state index in [-0.39, 0.29) is 12.6 Å². The summed E-state index contributed by atoms with van der Waals surface area (Å²) in [4.78, 5) is 0. The van der Waals surface area contributed by atoms with Gasteiger partial charge in [-0.1, -0.05) is 36.4 Å². The molecule has 2 heteroatoms. The zero-order valence-electron chi connectivity index (χ0n) is 11.1. The monoisotopic (exact) mass is 254 g/mol. The highest BCUT2D eigenvalue weighted by atomic mass is 16.3. The van der Waals surface area contributed by atoms with Gasteiger partial charge >= 0.3 is 0 Å². The van der Waals surface area contributed by atoms with E-state index in [4.69, 9.17) is 0 Å². The van der Waals surface area contributed by atoms with E-state index in [2.05, 4.69) is 60.7 Å². The summed E-state index contributed by atoms with van der Waals surface area (Å²) in [5.41, 5.74) is 2.57. The first-order chi connectivity index (χ1) is 9.38. The lowest BCUT2D eigenvalue weighted by molar-refractivity contribution is 0.200. The van der Waals surface area contributed by atoms with Gasteiger partial charge in [-0.15, -0.1) is 0 Å². The molecule has 3 rings (SSSR count). The topological polar surface area (TPSA) is 20.2 Å². The van der Waals surface area contributed by atoms with Crippen LogP contribution >= 0.6 is 0 Å². The SMILES string of the molecule is OC[C@@H]1CCC[N+]1(c1ccccc1)c1ccccc1. The van der Waals surface area contributed by atoms with Gasteiger partial charge in [-0.2, -0.15) is 0 Å².